The molecule has 3 aliphatic heterocycles. The van der Waals surface area contributed by atoms with Crippen LogP contribution in [0.15, 0.2) is 47.6 Å². The molecule has 13 atom stereocenters. The van der Waals surface area contributed by atoms with Crippen LogP contribution in [-0.2, 0) is 65.2 Å². The third-order valence-electron chi connectivity index (χ3n) is 16.4. The largest absolute Gasteiger partial charge is 0.496 e. The molecule has 0 bridgehead atoms. The first kappa shape index (κ1) is 78.8. The fourth-order valence-corrected chi connectivity index (χ4v) is 11.8. The van der Waals surface area contributed by atoms with Crippen molar-refractivity contribution < 1.29 is 111 Å². The summed E-state index contributed by atoms with van der Waals surface area (Å²) in [4.78, 5) is 93.6. The van der Waals surface area contributed by atoms with Gasteiger partial charge in [0.25, 0.3) is 11.8 Å². The zero-order valence-corrected chi connectivity index (χ0v) is 58.6. The Morgan fingerprint density at radius 1 is 0.732 bits per heavy atom. The lowest BCUT2D eigenvalue weighted by molar-refractivity contribution is -0.308. The smallest absolute Gasteiger partial charge is 0.408 e. The maximum Gasteiger partial charge on any atom is 0.408 e. The molecular weight excluding hydrogens is 1270 g/mol. The number of aliphatic carboxylic acids is 1. The Morgan fingerprint density at radius 2 is 1.30 bits per heavy atom. The highest BCUT2D eigenvalue weighted by Crippen LogP contribution is 2.43. The Labute approximate surface area is 566 Å². The highest BCUT2D eigenvalue weighted by Gasteiger charge is 2.53. The van der Waals surface area contributed by atoms with Gasteiger partial charge < -0.3 is 109 Å². The number of ether oxygens (including phenoxy) is 12. The fraction of sp³-hybridized carbons (Fsp3) is 0.662. The number of hydrogen-bond donors (Lipinski definition) is 10. The van der Waals surface area contributed by atoms with E-state index in [4.69, 9.17) is 56.8 Å². The molecule has 2 aromatic rings. The molecule has 0 spiro atoms. The summed E-state index contributed by atoms with van der Waals surface area (Å²) < 4.78 is 70.0. The van der Waals surface area contributed by atoms with E-state index in [0.717, 1.165) is 11.1 Å². The standard InChI is InChI=1S/C68H102N6O23/c1-36(17-23-43-51(87-16)38(3)44-33-89-59(81)48(44)52(43)91-35-88-28-27-86-15)29-41(58(79)80)30-37(2)25-26-70-56(77)39-18-20-40(21-19-39)57(78)72-46-31-47(74-64(84)97-67(10,11)12)54(49(75)53(46)94-61-50(76)55(69-14)68(13,85)34-90-61)93-60-45(73-63(83)96-66(7,8)9)24-22-42(92-60)32-71-62(82)95-65(4,5)6/h17-21,25,41-42,45-47,49-50,53-55,60-61,69,75-76,85H,22-24,26-35H2,1-16H3,(H,70,77)(H,71,82)(H,72,78)(H,73,83)(H,74,84)(H,79,80)/b36-17+,37-25+/t41?,42?,45-,46+,47?,49+,50+,53?,54+,55?,60+,61+,68-/m0/s1. The van der Waals surface area contributed by atoms with Crippen LogP contribution in [0.2, 0.25) is 0 Å². The van der Waals surface area contributed by atoms with Gasteiger partial charge in [-0.2, -0.15) is 0 Å². The highest BCUT2D eigenvalue weighted by atomic mass is 16.7. The quantitative estimate of drug-likeness (QED) is 0.0165. The third-order valence-corrected chi connectivity index (χ3v) is 16.4. The van der Waals surface area contributed by atoms with Gasteiger partial charge in [0.15, 0.2) is 19.4 Å². The van der Waals surface area contributed by atoms with Gasteiger partial charge >= 0.3 is 30.2 Å². The number of cyclic esters (lactones) is 1. The molecule has 2 aromatic carbocycles. The first-order valence-electron chi connectivity index (χ1n) is 32.5. The zero-order chi connectivity index (χ0) is 71.9. The van der Waals surface area contributed by atoms with Gasteiger partial charge in [-0.05, 0) is 165 Å². The second-order valence-corrected chi connectivity index (χ2v) is 28.0. The van der Waals surface area contributed by atoms with Crippen molar-refractivity contribution in [2.24, 2.45) is 5.92 Å². The molecule has 0 aromatic heterocycles. The average Bonchev–Trinajstić information content (AvgIpc) is 1.73. The Balaban J connectivity index is 1.19. The minimum atomic E-state index is -1.84. The zero-order valence-electron chi connectivity index (χ0n) is 58.6. The molecule has 10 N–H and O–H groups in total. The van der Waals surface area contributed by atoms with E-state index in [1.165, 1.54) is 45.3 Å². The minimum absolute atomic E-state index is 0.0339. The summed E-state index contributed by atoms with van der Waals surface area (Å²) in [5.74, 6) is -2.85. The maximum absolute atomic E-state index is 14.5. The summed E-state index contributed by atoms with van der Waals surface area (Å²) >= 11 is 0. The van der Waals surface area contributed by atoms with Crippen molar-refractivity contribution in [1.29, 1.82) is 0 Å². The number of likely N-dealkylation sites (N-methyl/N-ethyl adjacent to an activating group) is 1. The number of methoxy groups -OCH3 is 2. The van der Waals surface area contributed by atoms with Gasteiger partial charge in [-0.1, -0.05) is 23.3 Å². The molecule has 0 radical (unpaired) electrons. The number of nitrogens with one attached hydrogen (secondary N) is 6. The molecule has 97 heavy (non-hydrogen) atoms. The van der Waals surface area contributed by atoms with Crippen LogP contribution in [-0.4, -0.2) is 213 Å². The summed E-state index contributed by atoms with van der Waals surface area (Å²) in [6.07, 6.45) is -8.17. The second kappa shape index (κ2) is 34.5. The number of aliphatic hydroxyl groups is 3. The second-order valence-electron chi connectivity index (χ2n) is 28.0. The van der Waals surface area contributed by atoms with Gasteiger partial charge in [-0.3, -0.25) is 14.4 Å². The van der Waals surface area contributed by atoms with Gasteiger partial charge in [0.2, 0.25) is 0 Å². The van der Waals surface area contributed by atoms with Crippen molar-refractivity contribution in [3.05, 3.63) is 80.9 Å². The fourth-order valence-electron chi connectivity index (χ4n) is 11.8. The maximum atomic E-state index is 14.5. The first-order valence-corrected chi connectivity index (χ1v) is 32.5. The number of carboxylic acid groups (broad SMARTS) is 1. The molecule has 3 fully saturated rings. The van der Waals surface area contributed by atoms with E-state index >= 15 is 0 Å². The molecular formula is C68H102N6O23. The van der Waals surface area contributed by atoms with Crippen molar-refractivity contribution in [2.45, 2.75) is 225 Å². The normalized spacial score (nSPS) is 25.7. The summed E-state index contributed by atoms with van der Waals surface area (Å²) in [6, 6.07) is 1.22. The monoisotopic (exact) mass is 1370 g/mol. The van der Waals surface area contributed by atoms with Gasteiger partial charge in [-0.25, -0.2) is 19.2 Å². The van der Waals surface area contributed by atoms with E-state index in [2.05, 4.69) is 31.9 Å². The average molecular weight is 1370 g/mol. The summed E-state index contributed by atoms with van der Waals surface area (Å²) in [5, 5.41) is 62.8. The number of carbonyl (C=O) groups is 7. The van der Waals surface area contributed by atoms with Crippen molar-refractivity contribution in [1.82, 2.24) is 31.9 Å². The summed E-state index contributed by atoms with van der Waals surface area (Å²) in [7, 11) is 4.58. The number of aliphatic hydroxyl groups excluding tert-OH is 2. The van der Waals surface area contributed by atoms with E-state index in [1.54, 1.807) is 82.4 Å². The van der Waals surface area contributed by atoms with Gasteiger partial charge in [0, 0.05) is 42.5 Å². The number of rotatable bonds is 28. The molecule has 5 unspecified atom stereocenters. The topological polar surface area (TPSA) is 383 Å². The number of alkyl carbamates (subject to hydrolysis) is 3. The molecule has 2 saturated heterocycles. The van der Waals surface area contributed by atoms with Crippen LogP contribution >= 0.6 is 0 Å². The minimum Gasteiger partial charge on any atom is -0.496 e. The van der Waals surface area contributed by atoms with Crippen molar-refractivity contribution in [3.8, 4) is 11.5 Å². The van der Waals surface area contributed by atoms with Gasteiger partial charge in [-0.15, -0.1) is 0 Å². The van der Waals surface area contributed by atoms with Crippen LogP contribution in [0.25, 0.3) is 0 Å². The van der Waals surface area contributed by atoms with E-state index < -0.39 is 138 Å². The van der Waals surface area contributed by atoms with E-state index in [1.807, 2.05) is 19.9 Å². The van der Waals surface area contributed by atoms with Crippen LogP contribution in [0.3, 0.4) is 0 Å². The molecule has 1 saturated carbocycles. The summed E-state index contributed by atoms with van der Waals surface area (Å²) in [6.45, 7) is 22.1. The van der Waals surface area contributed by atoms with Gasteiger partial charge in [0.05, 0.1) is 63.1 Å². The van der Waals surface area contributed by atoms with E-state index in [0.29, 0.717) is 35.5 Å². The SMILES string of the molecule is CNC1[C@@H](O)[C@@H](OC2[C@@H](O)[C@H](O[C@H]3OC(CNC(=O)OC(C)(C)C)CC[C@@H]3NC(=O)OC(C)(C)C)C(NC(=O)OC(C)(C)C)C[C@H]2NC(=O)c2ccc(C(=O)NC/C=C(\C)CC(C/C(C)=C/Cc3c(OC)c(C)c4c(c3OCOCCOC)C(=O)OC4)C(=O)O)cc2)OC[C@]1(C)O. The Hall–Kier alpha value is -7.19. The molecule has 1 aliphatic carbocycles. The first-order chi connectivity index (χ1) is 45.4. The number of hydrogen-bond acceptors (Lipinski definition) is 23. The van der Waals surface area contributed by atoms with Crippen LogP contribution in [0.1, 0.15) is 163 Å². The van der Waals surface area contributed by atoms with E-state index in [9.17, 15) is 54.0 Å². The molecule has 5 amide bonds. The van der Waals surface area contributed by atoms with Crippen LogP contribution in [0, 0.1) is 12.8 Å². The highest BCUT2D eigenvalue weighted by molar-refractivity contribution is 5.99. The number of amides is 5. The third kappa shape index (κ3) is 22.9. The Kier molecular flexibility index (Phi) is 28.1. The lowest BCUT2D eigenvalue weighted by Crippen LogP contribution is -2.70. The Bertz CT molecular complexity index is 3120. The molecule has 3 heterocycles. The van der Waals surface area contributed by atoms with Crippen molar-refractivity contribution in [2.75, 3.05) is 61.0 Å². The molecule has 4 aliphatic rings. The molecule has 29 nitrogen and oxygen atoms in total. The lowest BCUT2D eigenvalue weighted by Gasteiger charge is -2.49. The van der Waals surface area contributed by atoms with Crippen LogP contribution in [0.5, 0.6) is 11.5 Å². The van der Waals surface area contributed by atoms with E-state index in [-0.39, 0.29) is 94.2 Å². The number of esters is 1. The number of carboxylic acids is 1. The van der Waals surface area contributed by atoms with Crippen molar-refractivity contribution >= 4 is 42.0 Å². The van der Waals surface area contributed by atoms with Gasteiger partial charge in [0.1, 0.15) is 70.5 Å². The predicted molar refractivity (Wildman–Crippen MR) is 350 cm³/mol. The Morgan fingerprint density at radius 3 is 1.88 bits per heavy atom. The molecule has 542 valence electrons. The molecule has 6 rings (SSSR count). The van der Waals surface area contributed by atoms with Crippen molar-refractivity contribution in [3.63, 3.8) is 0 Å². The number of benzene rings is 2. The van der Waals surface area contributed by atoms with Crippen LogP contribution < -0.4 is 41.4 Å². The lowest BCUT2D eigenvalue weighted by atomic mass is 9.82. The number of carbonyl (C=O) groups excluding carboxylic acids is 6. The predicted octanol–water partition coefficient (Wildman–Crippen LogP) is 5.53. The number of fused-ring (bicyclic) bond motifs is 1. The van der Waals surface area contributed by atoms with Crippen LogP contribution in [0.4, 0.5) is 14.4 Å². The summed E-state index contributed by atoms with van der Waals surface area (Å²) in [5.41, 5.74) is -0.391. The molecule has 29 heteroatoms. The number of allylic oxidation sites excluding steroid dienone is 3.